The zero-order chi connectivity index (χ0) is 14.7. The van der Waals surface area contributed by atoms with Crippen molar-refractivity contribution in [2.45, 2.75) is 24.3 Å². The SMILES string of the molecule is CC1CN(c2cc(Cl)ccc2/C=C/C(=O)O)CC(C)S1. The van der Waals surface area contributed by atoms with Crippen molar-refractivity contribution in [1.82, 2.24) is 0 Å². The third kappa shape index (κ3) is 3.93. The van der Waals surface area contributed by atoms with Gasteiger partial charge < -0.3 is 10.0 Å². The van der Waals surface area contributed by atoms with Crippen LogP contribution in [0.5, 0.6) is 0 Å². The fraction of sp³-hybridized carbons (Fsp3) is 0.400. The molecule has 108 valence electrons. The molecule has 1 aliphatic heterocycles. The molecule has 1 N–H and O–H groups in total. The monoisotopic (exact) mass is 311 g/mol. The summed E-state index contributed by atoms with van der Waals surface area (Å²) < 4.78 is 0. The normalized spacial score (nSPS) is 23.2. The highest BCUT2D eigenvalue weighted by Gasteiger charge is 2.23. The Balaban J connectivity index is 2.33. The number of anilines is 1. The number of hydrogen-bond acceptors (Lipinski definition) is 3. The molecule has 0 amide bonds. The van der Waals surface area contributed by atoms with Gasteiger partial charge in [0.1, 0.15) is 0 Å². The number of hydrogen-bond donors (Lipinski definition) is 1. The van der Waals surface area contributed by atoms with Crippen LogP contribution in [0.1, 0.15) is 19.4 Å². The lowest BCUT2D eigenvalue weighted by atomic mass is 10.1. The first kappa shape index (κ1) is 15.3. The summed E-state index contributed by atoms with van der Waals surface area (Å²) in [4.78, 5) is 13.0. The molecule has 2 rings (SSSR count). The van der Waals surface area contributed by atoms with Crippen molar-refractivity contribution < 1.29 is 9.90 Å². The van der Waals surface area contributed by atoms with Crippen LogP contribution in [0.2, 0.25) is 5.02 Å². The lowest BCUT2D eigenvalue weighted by Crippen LogP contribution is -2.40. The van der Waals surface area contributed by atoms with Crippen molar-refractivity contribution in [2.24, 2.45) is 0 Å². The number of carbonyl (C=O) groups is 1. The molecule has 1 saturated heterocycles. The molecule has 1 aromatic rings. The first-order chi connectivity index (χ1) is 9.45. The van der Waals surface area contributed by atoms with Gasteiger partial charge in [0.2, 0.25) is 0 Å². The molecular formula is C15H18ClNO2S. The summed E-state index contributed by atoms with van der Waals surface area (Å²) in [6.07, 6.45) is 2.80. The predicted molar refractivity (Wildman–Crippen MR) is 86.8 cm³/mol. The summed E-state index contributed by atoms with van der Waals surface area (Å²) in [5, 5.41) is 10.6. The Morgan fingerprint density at radius 1 is 1.40 bits per heavy atom. The van der Waals surface area contributed by atoms with E-state index in [0.717, 1.165) is 30.4 Å². The third-order valence-corrected chi connectivity index (χ3v) is 4.62. The number of aliphatic carboxylic acids is 1. The van der Waals surface area contributed by atoms with E-state index >= 15 is 0 Å². The van der Waals surface area contributed by atoms with Crippen molar-refractivity contribution >= 4 is 41.1 Å². The van der Waals surface area contributed by atoms with Gasteiger partial charge in [-0.15, -0.1) is 0 Å². The van der Waals surface area contributed by atoms with Crippen molar-refractivity contribution in [1.29, 1.82) is 0 Å². The molecule has 5 heteroatoms. The summed E-state index contributed by atoms with van der Waals surface area (Å²) >= 11 is 8.08. The first-order valence-electron chi connectivity index (χ1n) is 6.56. The molecule has 3 nitrogen and oxygen atoms in total. The van der Waals surface area contributed by atoms with E-state index in [1.54, 1.807) is 12.1 Å². The maximum absolute atomic E-state index is 10.7. The highest BCUT2D eigenvalue weighted by atomic mass is 35.5. The van der Waals surface area contributed by atoms with Gasteiger partial charge in [0, 0.05) is 40.4 Å². The number of carboxylic acid groups (broad SMARTS) is 1. The molecule has 0 aromatic heterocycles. The minimum atomic E-state index is -0.943. The van der Waals surface area contributed by atoms with Gasteiger partial charge in [-0.3, -0.25) is 0 Å². The maximum atomic E-state index is 10.7. The van der Waals surface area contributed by atoms with Gasteiger partial charge in [0.05, 0.1) is 0 Å². The summed E-state index contributed by atoms with van der Waals surface area (Å²) in [7, 11) is 0. The summed E-state index contributed by atoms with van der Waals surface area (Å²) in [6.45, 7) is 6.32. The molecule has 1 aromatic carbocycles. The third-order valence-electron chi connectivity index (χ3n) is 3.16. The number of thioether (sulfide) groups is 1. The van der Waals surface area contributed by atoms with Crippen LogP contribution in [0.3, 0.4) is 0 Å². The fourth-order valence-electron chi connectivity index (χ4n) is 2.47. The van der Waals surface area contributed by atoms with E-state index in [4.69, 9.17) is 16.7 Å². The Hall–Kier alpha value is -1.13. The van der Waals surface area contributed by atoms with Gasteiger partial charge in [0.15, 0.2) is 0 Å². The highest BCUT2D eigenvalue weighted by Crippen LogP contribution is 2.32. The molecule has 0 radical (unpaired) electrons. The largest absolute Gasteiger partial charge is 0.478 e. The van der Waals surface area contributed by atoms with Crippen molar-refractivity contribution in [2.75, 3.05) is 18.0 Å². The molecule has 1 aliphatic rings. The van der Waals surface area contributed by atoms with Crippen LogP contribution in [0.25, 0.3) is 6.08 Å². The van der Waals surface area contributed by atoms with Gasteiger partial charge in [-0.25, -0.2) is 4.79 Å². The number of halogens is 1. The highest BCUT2D eigenvalue weighted by molar-refractivity contribution is 8.00. The summed E-state index contributed by atoms with van der Waals surface area (Å²) in [6, 6.07) is 5.57. The first-order valence-corrected chi connectivity index (χ1v) is 7.88. The maximum Gasteiger partial charge on any atom is 0.328 e. The fourth-order valence-corrected chi connectivity index (χ4v) is 3.96. The number of carboxylic acids is 1. The molecule has 0 spiro atoms. The van der Waals surface area contributed by atoms with Crippen LogP contribution < -0.4 is 4.90 Å². The average Bonchev–Trinajstić information content (AvgIpc) is 2.36. The van der Waals surface area contributed by atoms with Crippen LogP contribution in [0.15, 0.2) is 24.3 Å². The van der Waals surface area contributed by atoms with Gasteiger partial charge in [-0.1, -0.05) is 31.5 Å². The molecule has 0 bridgehead atoms. The standard InChI is InChI=1S/C15H18ClNO2S/c1-10-8-17(9-11(2)20-10)14-7-13(16)5-3-12(14)4-6-15(18)19/h3-7,10-11H,8-9H2,1-2H3,(H,18,19)/b6-4+. The Kier molecular flexibility index (Phi) is 5.00. The molecule has 20 heavy (non-hydrogen) atoms. The van der Waals surface area contributed by atoms with Crippen molar-refractivity contribution in [3.8, 4) is 0 Å². The van der Waals surface area contributed by atoms with Gasteiger partial charge in [-0.2, -0.15) is 11.8 Å². The van der Waals surface area contributed by atoms with Gasteiger partial charge in [-0.05, 0) is 23.8 Å². The number of rotatable bonds is 3. The molecule has 1 fully saturated rings. The number of benzene rings is 1. The van der Waals surface area contributed by atoms with Crippen LogP contribution in [0.4, 0.5) is 5.69 Å². The zero-order valence-electron chi connectivity index (χ0n) is 11.5. The molecule has 0 aliphatic carbocycles. The smallest absolute Gasteiger partial charge is 0.328 e. The van der Waals surface area contributed by atoms with E-state index in [9.17, 15) is 4.79 Å². The van der Waals surface area contributed by atoms with E-state index in [-0.39, 0.29) is 0 Å². The second-order valence-electron chi connectivity index (χ2n) is 5.04. The lowest BCUT2D eigenvalue weighted by molar-refractivity contribution is -0.131. The minimum Gasteiger partial charge on any atom is -0.478 e. The van der Waals surface area contributed by atoms with Crippen LogP contribution in [-0.4, -0.2) is 34.7 Å². The van der Waals surface area contributed by atoms with E-state index in [0.29, 0.717) is 15.5 Å². The summed E-state index contributed by atoms with van der Waals surface area (Å²) in [5.41, 5.74) is 1.90. The Bertz CT molecular complexity index is 523. The lowest BCUT2D eigenvalue weighted by Gasteiger charge is -2.37. The van der Waals surface area contributed by atoms with Gasteiger partial charge >= 0.3 is 5.97 Å². The van der Waals surface area contributed by atoms with Crippen LogP contribution in [-0.2, 0) is 4.79 Å². The number of nitrogens with zero attached hydrogens (tertiary/aromatic N) is 1. The second-order valence-corrected chi connectivity index (χ2v) is 7.36. The molecule has 1 heterocycles. The average molecular weight is 312 g/mol. The van der Waals surface area contributed by atoms with E-state index in [2.05, 4.69) is 18.7 Å². The topological polar surface area (TPSA) is 40.5 Å². The zero-order valence-corrected chi connectivity index (χ0v) is 13.1. The molecule has 0 saturated carbocycles. The van der Waals surface area contributed by atoms with Crippen LogP contribution in [0, 0.1) is 0 Å². The Morgan fingerprint density at radius 2 is 2.05 bits per heavy atom. The molecular weight excluding hydrogens is 294 g/mol. The van der Waals surface area contributed by atoms with Gasteiger partial charge in [0.25, 0.3) is 0 Å². The van der Waals surface area contributed by atoms with Crippen molar-refractivity contribution in [3.63, 3.8) is 0 Å². The van der Waals surface area contributed by atoms with E-state index < -0.39 is 5.97 Å². The Morgan fingerprint density at radius 3 is 2.65 bits per heavy atom. The minimum absolute atomic E-state index is 0.550. The predicted octanol–water partition coefficient (Wildman–Crippen LogP) is 3.77. The summed E-state index contributed by atoms with van der Waals surface area (Å²) in [5.74, 6) is -0.943. The molecule has 2 unspecified atom stereocenters. The quantitative estimate of drug-likeness (QED) is 0.863. The van der Waals surface area contributed by atoms with E-state index in [1.807, 2.05) is 23.9 Å². The van der Waals surface area contributed by atoms with Crippen molar-refractivity contribution in [3.05, 3.63) is 34.9 Å². The van der Waals surface area contributed by atoms with E-state index in [1.165, 1.54) is 0 Å². The molecule has 2 atom stereocenters. The van der Waals surface area contributed by atoms with Crippen LogP contribution >= 0.6 is 23.4 Å². The second kappa shape index (κ2) is 6.55. The Labute approximate surface area is 128 Å².